The van der Waals surface area contributed by atoms with Crippen molar-refractivity contribution in [1.29, 1.82) is 5.26 Å². The summed E-state index contributed by atoms with van der Waals surface area (Å²) in [5.74, 6) is 0.0281. The minimum atomic E-state index is -0.314. The molecule has 0 aliphatic carbocycles. The Labute approximate surface area is 127 Å². The first-order valence-electron chi connectivity index (χ1n) is 6.83. The molecule has 1 aliphatic rings. The third kappa shape index (κ3) is 3.02. The molecule has 1 aliphatic heterocycles. The Kier molecular flexibility index (Phi) is 4.79. The van der Waals surface area contributed by atoms with E-state index in [9.17, 15) is 4.79 Å². The van der Waals surface area contributed by atoms with Crippen LogP contribution in [0.3, 0.4) is 0 Å². The summed E-state index contributed by atoms with van der Waals surface area (Å²) in [4.78, 5) is 12.6. The van der Waals surface area contributed by atoms with Crippen LogP contribution < -0.4 is 10.6 Å². The first-order valence-corrected chi connectivity index (χ1v) is 7.62. The first-order chi connectivity index (χ1) is 9.61. The average Bonchev–Trinajstić information content (AvgIpc) is 2.49. The molecular formula is C15H18BrN3O. The molecule has 0 saturated carbocycles. The molecule has 5 heteroatoms. The van der Waals surface area contributed by atoms with Crippen molar-refractivity contribution in [2.45, 2.75) is 26.2 Å². The minimum absolute atomic E-state index is 0.0281. The number of piperidine rings is 1. The van der Waals surface area contributed by atoms with E-state index in [0.717, 1.165) is 36.8 Å². The molecule has 1 heterocycles. The number of hydrogen-bond acceptors (Lipinski definition) is 3. The van der Waals surface area contributed by atoms with Gasteiger partial charge in [0.2, 0.25) is 5.91 Å². The van der Waals surface area contributed by atoms with Crippen LogP contribution in [0.4, 0.5) is 5.69 Å². The lowest BCUT2D eigenvalue weighted by Gasteiger charge is -2.35. The maximum Gasteiger partial charge on any atom is 0.230 e. The van der Waals surface area contributed by atoms with E-state index >= 15 is 0 Å². The number of halogens is 1. The van der Waals surface area contributed by atoms with E-state index in [2.05, 4.69) is 39.6 Å². The second-order valence-electron chi connectivity index (χ2n) is 5.14. The van der Waals surface area contributed by atoms with Crippen LogP contribution in [-0.4, -0.2) is 19.0 Å². The molecule has 0 unspecified atom stereocenters. The summed E-state index contributed by atoms with van der Waals surface area (Å²) in [7, 11) is 0. The average molecular weight is 336 g/mol. The number of hydrogen-bond donors (Lipinski definition) is 2. The van der Waals surface area contributed by atoms with Gasteiger partial charge in [-0.25, -0.2) is 0 Å². The van der Waals surface area contributed by atoms with Gasteiger partial charge in [0.25, 0.3) is 0 Å². The molecule has 2 rings (SSSR count). The van der Waals surface area contributed by atoms with Crippen molar-refractivity contribution >= 4 is 27.5 Å². The van der Waals surface area contributed by atoms with Gasteiger partial charge in [0.05, 0.1) is 16.7 Å². The minimum Gasteiger partial charge on any atom is -0.324 e. The predicted octanol–water partition coefficient (Wildman–Crippen LogP) is 3.04. The van der Waals surface area contributed by atoms with Gasteiger partial charge in [0.1, 0.15) is 6.07 Å². The van der Waals surface area contributed by atoms with Gasteiger partial charge < -0.3 is 10.6 Å². The van der Waals surface area contributed by atoms with Gasteiger partial charge in [0, 0.05) is 4.47 Å². The second kappa shape index (κ2) is 6.38. The largest absolute Gasteiger partial charge is 0.324 e. The highest BCUT2D eigenvalue weighted by atomic mass is 79.9. The van der Waals surface area contributed by atoms with Crippen molar-refractivity contribution in [1.82, 2.24) is 5.32 Å². The Hall–Kier alpha value is -1.38. The monoisotopic (exact) mass is 335 g/mol. The van der Waals surface area contributed by atoms with Crippen molar-refractivity contribution in [2.75, 3.05) is 18.4 Å². The molecule has 1 amide bonds. The van der Waals surface area contributed by atoms with E-state index in [0.29, 0.717) is 11.3 Å². The van der Waals surface area contributed by atoms with Gasteiger partial charge in [0.15, 0.2) is 0 Å². The Morgan fingerprint density at radius 3 is 2.80 bits per heavy atom. The van der Waals surface area contributed by atoms with Crippen molar-refractivity contribution < 1.29 is 4.79 Å². The highest BCUT2D eigenvalue weighted by Gasteiger charge is 2.37. The van der Waals surface area contributed by atoms with Gasteiger partial charge in [-0.3, -0.25) is 4.79 Å². The lowest BCUT2D eigenvalue weighted by Crippen LogP contribution is -2.44. The fourth-order valence-electron chi connectivity index (χ4n) is 2.62. The van der Waals surface area contributed by atoms with Crippen molar-refractivity contribution in [3.63, 3.8) is 0 Å². The number of carbonyl (C=O) groups is 1. The van der Waals surface area contributed by atoms with E-state index in [1.807, 2.05) is 6.07 Å². The SMILES string of the molecule is CCC1(C(=O)Nc2ccc(Br)cc2C#N)CCNCC1. The topological polar surface area (TPSA) is 64.9 Å². The fraction of sp³-hybridized carbons (Fsp3) is 0.467. The highest BCUT2D eigenvalue weighted by Crippen LogP contribution is 2.34. The maximum atomic E-state index is 12.6. The smallest absolute Gasteiger partial charge is 0.230 e. The Balaban J connectivity index is 2.21. The molecule has 20 heavy (non-hydrogen) atoms. The van der Waals surface area contributed by atoms with Crippen LogP contribution in [0.25, 0.3) is 0 Å². The van der Waals surface area contributed by atoms with Gasteiger partial charge in [-0.15, -0.1) is 0 Å². The van der Waals surface area contributed by atoms with E-state index < -0.39 is 0 Å². The van der Waals surface area contributed by atoms with Gasteiger partial charge in [-0.1, -0.05) is 22.9 Å². The zero-order chi connectivity index (χ0) is 14.6. The maximum absolute atomic E-state index is 12.6. The zero-order valence-electron chi connectivity index (χ0n) is 11.5. The third-order valence-corrected chi connectivity index (χ3v) is 4.56. The van der Waals surface area contributed by atoms with Crippen LogP contribution in [0.1, 0.15) is 31.7 Å². The molecule has 0 aromatic heterocycles. The summed E-state index contributed by atoms with van der Waals surface area (Å²) in [5.41, 5.74) is 0.755. The van der Waals surface area contributed by atoms with Crippen LogP contribution in [0.15, 0.2) is 22.7 Å². The van der Waals surface area contributed by atoms with Gasteiger partial charge in [-0.05, 0) is 50.6 Å². The number of anilines is 1. The van der Waals surface area contributed by atoms with Crippen molar-refractivity contribution in [3.05, 3.63) is 28.2 Å². The van der Waals surface area contributed by atoms with Crippen LogP contribution in [0.2, 0.25) is 0 Å². The molecule has 0 spiro atoms. The predicted molar refractivity (Wildman–Crippen MR) is 82.3 cm³/mol. The number of rotatable bonds is 3. The van der Waals surface area contributed by atoms with Crippen molar-refractivity contribution in [2.24, 2.45) is 5.41 Å². The van der Waals surface area contributed by atoms with Crippen LogP contribution in [-0.2, 0) is 4.79 Å². The van der Waals surface area contributed by atoms with E-state index in [-0.39, 0.29) is 11.3 Å². The number of benzene rings is 1. The molecule has 0 bridgehead atoms. The second-order valence-corrected chi connectivity index (χ2v) is 6.06. The molecule has 0 radical (unpaired) electrons. The molecule has 1 aromatic rings. The Morgan fingerprint density at radius 2 is 2.20 bits per heavy atom. The molecule has 1 aromatic carbocycles. The lowest BCUT2D eigenvalue weighted by molar-refractivity contribution is -0.127. The molecule has 106 valence electrons. The standard InChI is InChI=1S/C15H18BrN3O/c1-2-15(5-7-18-8-6-15)14(20)19-13-4-3-12(16)9-11(13)10-17/h3-4,9,18H,2,5-8H2,1H3,(H,19,20). The molecule has 1 saturated heterocycles. The van der Waals surface area contributed by atoms with Crippen LogP contribution in [0, 0.1) is 16.7 Å². The summed E-state index contributed by atoms with van der Waals surface area (Å²) >= 11 is 3.33. The highest BCUT2D eigenvalue weighted by molar-refractivity contribution is 9.10. The summed E-state index contributed by atoms with van der Waals surface area (Å²) < 4.78 is 0.833. The number of carbonyl (C=O) groups excluding carboxylic acids is 1. The van der Waals surface area contributed by atoms with Crippen LogP contribution in [0.5, 0.6) is 0 Å². The summed E-state index contributed by atoms with van der Waals surface area (Å²) in [5, 5.41) is 15.4. The molecular weight excluding hydrogens is 318 g/mol. The molecule has 2 N–H and O–H groups in total. The van der Waals surface area contributed by atoms with E-state index in [1.54, 1.807) is 12.1 Å². The molecule has 4 nitrogen and oxygen atoms in total. The summed E-state index contributed by atoms with van der Waals surface area (Å²) in [6, 6.07) is 7.44. The summed E-state index contributed by atoms with van der Waals surface area (Å²) in [6.45, 7) is 3.79. The van der Waals surface area contributed by atoms with Crippen LogP contribution >= 0.6 is 15.9 Å². The normalized spacial score (nSPS) is 17.2. The number of nitriles is 1. The number of nitrogens with one attached hydrogen (secondary N) is 2. The van der Waals surface area contributed by atoms with E-state index in [4.69, 9.17) is 5.26 Å². The number of nitrogens with zero attached hydrogens (tertiary/aromatic N) is 1. The molecule has 0 atom stereocenters. The van der Waals surface area contributed by atoms with Crippen molar-refractivity contribution in [3.8, 4) is 6.07 Å². The quantitative estimate of drug-likeness (QED) is 0.892. The first kappa shape index (κ1) is 15.0. The van der Waals surface area contributed by atoms with Gasteiger partial charge >= 0.3 is 0 Å². The Morgan fingerprint density at radius 1 is 1.50 bits per heavy atom. The Bertz CT molecular complexity index is 545. The fourth-order valence-corrected chi connectivity index (χ4v) is 2.98. The third-order valence-electron chi connectivity index (χ3n) is 4.07. The van der Waals surface area contributed by atoms with Gasteiger partial charge in [-0.2, -0.15) is 5.26 Å². The summed E-state index contributed by atoms with van der Waals surface area (Å²) in [6.07, 6.45) is 2.50. The lowest BCUT2D eigenvalue weighted by atomic mass is 9.76. The van der Waals surface area contributed by atoms with E-state index in [1.165, 1.54) is 0 Å². The molecule has 1 fully saturated rings. The number of amides is 1. The zero-order valence-corrected chi connectivity index (χ0v) is 13.1.